The second-order valence-electron chi connectivity index (χ2n) is 2.81. The van der Waals surface area contributed by atoms with Gasteiger partial charge in [-0.2, -0.15) is 16.9 Å². The lowest BCUT2D eigenvalue weighted by molar-refractivity contribution is 0.628. The Labute approximate surface area is 92.2 Å². The SMILES string of the molecule is CCc1nn(CC)c(CSC)c1Br. The van der Waals surface area contributed by atoms with Gasteiger partial charge in [-0.1, -0.05) is 6.92 Å². The highest BCUT2D eigenvalue weighted by Crippen LogP contribution is 2.25. The van der Waals surface area contributed by atoms with E-state index in [1.165, 1.54) is 15.9 Å². The van der Waals surface area contributed by atoms with Crippen molar-refractivity contribution in [1.82, 2.24) is 9.78 Å². The first-order chi connectivity index (χ1) is 6.24. The average molecular weight is 263 g/mol. The molecule has 13 heavy (non-hydrogen) atoms. The van der Waals surface area contributed by atoms with Gasteiger partial charge in [-0.3, -0.25) is 4.68 Å². The first kappa shape index (κ1) is 11.1. The van der Waals surface area contributed by atoms with Gasteiger partial charge in [0.15, 0.2) is 0 Å². The zero-order valence-corrected chi connectivity index (χ0v) is 10.7. The highest BCUT2D eigenvalue weighted by molar-refractivity contribution is 9.10. The fraction of sp³-hybridized carbons (Fsp3) is 0.667. The van der Waals surface area contributed by atoms with Crippen LogP contribution >= 0.6 is 27.7 Å². The van der Waals surface area contributed by atoms with Crippen LogP contribution in [-0.4, -0.2) is 16.0 Å². The van der Waals surface area contributed by atoms with Gasteiger partial charge in [0, 0.05) is 12.3 Å². The molecule has 0 saturated heterocycles. The highest BCUT2D eigenvalue weighted by Gasteiger charge is 2.12. The van der Waals surface area contributed by atoms with Crippen molar-refractivity contribution in [2.24, 2.45) is 0 Å². The molecule has 4 heteroatoms. The van der Waals surface area contributed by atoms with Gasteiger partial charge >= 0.3 is 0 Å². The molecule has 0 unspecified atom stereocenters. The van der Waals surface area contributed by atoms with Gasteiger partial charge in [-0.15, -0.1) is 0 Å². The third kappa shape index (κ3) is 2.29. The highest BCUT2D eigenvalue weighted by atomic mass is 79.9. The van der Waals surface area contributed by atoms with Gasteiger partial charge in [0.25, 0.3) is 0 Å². The third-order valence-corrected chi connectivity index (χ3v) is 3.45. The van der Waals surface area contributed by atoms with Crippen LogP contribution in [0.25, 0.3) is 0 Å². The summed E-state index contributed by atoms with van der Waals surface area (Å²) in [5.41, 5.74) is 2.48. The van der Waals surface area contributed by atoms with Crippen LogP contribution in [-0.2, 0) is 18.7 Å². The molecule has 1 rings (SSSR count). The lowest BCUT2D eigenvalue weighted by atomic mass is 10.3. The van der Waals surface area contributed by atoms with Crippen molar-refractivity contribution in [1.29, 1.82) is 0 Å². The molecule has 1 aromatic rings. The normalized spacial score (nSPS) is 10.8. The summed E-state index contributed by atoms with van der Waals surface area (Å²) < 4.78 is 3.28. The second-order valence-corrected chi connectivity index (χ2v) is 4.47. The van der Waals surface area contributed by atoms with Crippen LogP contribution in [0.1, 0.15) is 25.2 Å². The van der Waals surface area contributed by atoms with Gasteiger partial charge in [-0.25, -0.2) is 0 Å². The average Bonchev–Trinajstić information content (AvgIpc) is 2.45. The number of thioether (sulfide) groups is 1. The molecule has 1 heterocycles. The van der Waals surface area contributed by atoms with Gasteiger partial charge in [0.2, 0.25) is 0 Å². The lowest BCUT2D eigenvalue weighted by Crippen LogP contribution is -2.01. The fourth-order valence-corrected chi connectivity index (χ4v) is 2.75. The molecule has 0 aromatic carbocycles. The Morgan fingerprint density at radius 3 is 2.62 bits per heavy atom. The Hall–Kier alpha value is 0.0400. The van der Waals surface area contributed by atoms with Crippen LogP contribution in [0.3, 0.4) is 0 Å². The quantitative estimate of drug-likeness (QED) is 0.830. The summed E-state index contributed by atoms with van der Waals surface area (Å²) in [7, 11) is 0. The van der Waals surface area contributed by atoms with Gasteiger partial charge in [0.05, 0.1) is 15.9 Å². The number of nitrogens with zero attached hydrogens (tertiary/aromatic N) is 2. The summed E-state index contributed by atoms with van der Waals surface area (Å²) in [6, 6.07) is 0. The van der Waals surface area contributed by atoms with Crippen molar-refractivity contribution < 1.29 is 0 Å². The zero-order chi connectivity index (χ0) is 9.84. The van der Waals surface area contributed by atoms with E-state index < -0.39 is 0 Å². The van der Waals surface area contributed by atoms with E-state index in [-0.39, 0.29) is 0 Å². The van der Waals surface area contributed by atoms with E-state index in [0.717, 1.165) is 18.7 Å². The molecule has 0 bridgehead atoms. The summed E-state index contributed by atoms with van der Waals surface area (Å²) in [4.78, 5) is 0. The predicted octanol–water partition coefficient (Wildman–Crippen LogP) is 3.09. The number of aromatic nitrogens is 2. The first-order valence-corrected chi connectivity index (χ1v) is 6.66. The van der Waals surface area contributed by atoms with Crippen molar-refractivity contribution in [3.63, 3.8) is 0 Å². The fourth-order valence-electron chi connectivity index (χ4n) is 1.29. The standard InChI is InChI=1S/C9H15BrN2S/c1-4-7-9(10)8(6-13-3)12(5-2)11-7/h4-6H2,1-3H3. The summed E-state index contributed by atoms with van der Waals surface area (Å²) in [5, 5.41) is 4.52. The Morgan fingerprint density at radius 1 is 1.46 bits per heavy atom. The van der Waals surface area contributed by atoms with E-state index in [1.807, 2.05) is 11.8 Å². The van der Waals surface area contributed by atoms with E-state index in [1.54, 1.807) is 0 Å². The maximum Gasteiger partial charge on any atom is 0.0767 e. The maximum absolute atomic E-state index is 4.52. The van der Waals surface area contributed by atoms with Crippen molar-refractivity contribution in [2.45, 2.75) is 32.6 Å². The minimum atomic E-state index is 0.953. The number of hydrogen-bond acceptors (Lipinski definition) is 2. The molecule has 1 aromatic heterocycles. The van der Waals surface area contributed by atoms with Gasteiger partial charge in [0.1, 0.15) is 0 Å². The smallest absolute Gasteiger partial charge is 0.0767 e. The molecule has 0 saturated carbocycles. The number of halogens is 1. The Balaban J connectivity index is 3.05. The summed E-state index contributed by atoms with van der Waals surface area (Å²) >= 11 is 5.44. The Kier molecular flexibility index (Phi) is 4.32. The summed E-state index contributed by atoms with van der Waals surface area (Å²) in [5.74, 6) is 1.03. The third-order valence-electron chi connectivity index (χ3n) is 1.98. The minimum Gasteiger partial charge on any atom is -0.268 e. The molecule has 0 N–H and O–H groups in total. The summed E-state index contributed by atoms with van der Waals surface area (Å²) in [6.07, 6.45) is 3.11. The molecular formula is C9H15BrN2S. The monoisotopic (exact) mass is 262 g/mol. The van der Waals surface area contributed by atoms with Crippen molar-refractivity contribution in [2.75, 3.05) is 6.26 Å². The number of hydrogen-bond donors (Lipinski definition) is 0. The topological polar surface area (TPSA) is 17.8 Å². The maximum atomic E-state index is 4.52. The molecule has 0 spiro atoms. The second kappa shape index (κ2) is 5.05. The van der Waals surface area contributed by atoms with Crippen LogP contribution in [0.2, 0.25) is 0 Å². The Morgan fingerprint density at radius 2 is 2.15 bits per heavy atom. The van der Waals surface area contributed by atoms with E-state index in [9.17, 15) is 0 Å². The van der Waals surface area contributed by atoms with Crippen LogP contribution in [0.15, 0.2) is 4.47 Å². The van der Waals surface area contributed by atoms with Crippen molar-refractivity contribution in [3.8, 4) is 0 Å². The molecule has 0 radical (unpaired) electrons. The largest absolute Gasteiger partial charge is 0.268 e. The summed E-state index contributed by atoms with van der Waals surface area (Å²) in [6.45, 7) is 5.22. The molecule has 0 atom stereocenters. The van der Waals surface area contributed by atoms with E-state index >= 15 is 0 Å². The van der Waals surface area contributed by atoms with Crippen LogP contribution in [0.5, 0.6) is 0 Å². The molecule has 0 aliphatic carbocycles. The van der Waals surface area contributed by atoms with E-state index in [2.05, 4.69) is 45.8 Å². The molecular weight excluding hydrogens is 248 g/mol. The predicted molar refractivity (Wildman–Crippen MR) is 62.2 cm³/mol. The van der Waals surface area contributed by atoms with Gasteiger partial charge < -0.3 is 0 Å². The molecule has 0 aliphatic heterocycles. The van der Waals surface area contributed by atoms with Gasteiger partial charge in [-0.05, 0) is 35.5 Å². The molecule has 0 fully saturated rings. The molecule has 2 nitrogen and oxygen atoms in total. The zero-order valence-electron chi connectivity index (χ0n) is 8.30. The van der Waals surface area contributed by atoms with Crippen LogP contribution in [0.4, 0.5) is 0 Å². The van der Waals surface area contributed by atoms with Crippen LogP contribution in [0, 0.1) is 0 Å². The number of rotatable bonds is 4. The Bertz CT molecular complexity index is 283. The lowest BCUT2D eigenvalue weighted by Gasteiger charge is -2.02. The van der Waals surface area contributed by atoms with Crippen LogP contribution < -0.4 is 0 Å². The van der Waals surface area contributed by atoms with E-state index in [4.69, 9.17) is 0 Å². The van der Waals surface area contributed by atoms with E-state index in [0.29, 0.717) is 0 Å². The molecule has 0 amide bonds. The first-order valence-electron chi connectivity index (χ1n) is 4.47. The molecule has 74 valence electrons. The minimum absolute atomic E-state index is 0.953. The van der Waals surface area contributed by atoms with Crippen molar-refractivity contribution >= 4 is 27.7 Å². The number of aryl methyl sites for hydroxylation is 2. The van der Waals surface area contributed by atoms with Crippen molar-refractivity contribution in [3.05, 3.63) is 15.9 Å². The molecule has 0 aliphatic rings.